The van der Waals surface area contributed by atoms with Gasteiger partial charge in [-0.05, 0) is 87.8 Å². The average molecular weight is 1080 g/mol. The molecular weight excluding hydrogens is 1010 g/mol. The van der Waals surface area contributed by atoms with Gasteiger partial charge in [-0.2, -0.15) is 0 Å². The molecule has 2 aromatic carbocycles. The number of H-pyrrole nitrogens is 1. The van der Waals surface area contributed by atoms with Crippen molar-refractivity contribution in [3.05, 3.63) is 71.9 Å². The third kappa shape index (κ3) is 22.1. The summed E-state index contributed by atoms with van der Waals surface area (Å²) in [6.45, 7) is 1.47. The third-order valence-corrected chi connectivity index (χ3v) is 13.2. The van der Waals surface area contributed by atoms with Crippen molar-refractivity contribution in [1.82, 2.24) is 31.6 Å². The summed E-state index contributed by atoms with van der Waals surface area (Å²) in [5.74, 6) is -9.17. The first kappa shape index (κ1) is 62.2. The maximum Gasteiger partial charge on any atom is 0.326 e. The van der Waals surface area contributed by atoms with Crippen LogP contribution in [-0.4, -0.2) is 131 Å². The van der Waals surface area contributed by atoms with Gasteiger partial charge in [-0.15, -0.1) is 0 Å². The summed E-state index contributed by atoms with van der Waals surface area (Å²) >= 11 is 0. The van der Waals surface area contributed by atoms with Gasteiger partial charge in [0.2, 0.25) is 29.5 Å². The van der Waals surface area contributed by atoms with E-state index in [1.165, 1.54) is 6.92 Å². The van der Waals surface area contributed by atoms with E-state index in [4.69, 9.17) is 34.4 Å². The first-order valence-electron chi connectivity index (χ1n) is 26.2. The number of carboxylic acids is 1. The number of benzene rings is 2. The van der Waals surface area contributed by atoms with Crippen LogP contribution in [0.3, 0.4) is 0 Å². The largest absolute Gasteiger partial charge is 0.480 e. The van der Waals surface area contributed by atoms with Crippen LogP contribution in [0.2, 0.25) is 0 Å². The van der Waals surface area contributed by atoms with Crippen LogP contribution in [0.4, 0.5) is 0 Å². The zero-order valence-corrected chi connectivity index (χ0v) is 44.2. The van der Waals surface area contributed by atoms with Crippen LogP contribution < -0.4 is 61.0 Å². The third-order valence-electron chi connectivity index (χ3n) is 13.2. The van der Waals surface area contributed by atoms with Crippen molar-refractivity contribution in [3.63, 3.8) is 0 Å². The Morgan fingerprint density at radius 3 is 1.94 bits per heavy atom. The van der Waals surface area contributed by atoms with Crippen molar-refractivity contribution in [2.75, 3.05) is 19.6 Å². The maximum atomic E-state index is 14.8. The van der Waals surface area contributed by atoms with E-state index in [9.17, 15) is 48.3 Å². The molecule has 19 N–H and O–H groups in total. The number of fused-ring (bicyclic) bond motifs is 1. The standard InChI is InChI=1S/C53H77N15O10/c1-31(69)64-39(19-10-24-61-52(56)57)47(74)66-41-22-21-36(70)15-5-7-18-42(50(77)78)67-46(73)34(27-35-30-63-38-17-8-6-16-37(35)38)29-44(71)33(14-9-23-60-51(54)55)28-45(72)43(26-32-12-3-2-4-13-32)68-48(75)40(65-49(41)76)20-11-25-62-53(58)59/h2-4,6,8,12-13,16-17,30,33-34,39-43,63H,5,7,9-11,14-15,18-29H2,1H3,(H,64,69)(H,65,76)(H,66,74)(H,67,73)(H,68,75)(H,77,78)(H4,54,55,60)(H4,56,57,61)(H4,58,59,62)/t33-,34-,39+,40+,41+,42+,43-/m1/s1. The molecule has 1 aliphatic heterocycles. The minimum atomic E-state index is -1.46. The fraction of sp³-hybridized carbons (Fsp3) is 0.509. The van der Waals surface area contributed by atoms with Crippen molar-refractivity contribution in [2.24, 2.45) is 61.2 Å². The Bertz CT molecular complexity index is 2630. The summed E-state index contributed by atoms with van der Waals surface area (Å²) in [7, 11) is 0. The monoisotopic (exact) mass is 1080 g/mol. The topological polar surface area (TPSA) is 443 Å². The fourth-order valence-corrected chi connectivity index (χ4v) is 9.16. The van der Waals surface area contributed by atoms with Gasteiger partial charge in [-0.25, -0.2) is 4.79 Å². The van der Waals surface area contributed by atoms with E-state index in [1.54, 1.807) is 36.5 Å². The minimum absolute atomic E-state index is 0.0227. The normalized spacial score (nSPS) is 20.9. The lowest BCUT2D eigenvalue weighted by Crippen LogP contribution is -2.58. The van der Waals surface area contributed by atoms with Crippen LogP contribution in [0, 0.1) is 11.8 Å². The molecule has 1 aliphatic rings. The lowest BCUT2D eigenvalue weighted by molar-refractivity contribution is -0.143. The molecule has 25 nitrogen and oxygen atoms in total. The predicted octanol–water partition coefficient (Wildman–Crippen LogP) is -0.283. The highest BCUT2D eigenvalue weighted by molar-refractivity contribution is 5.98. The molecule has 0 spiro atoms. The van der Waals surface area contributed by atoms with Crippen LogP contribution in [0.1, 0.15) is 108 Å². The number of ketones is 3. The molecule has 4 rings (SSSR count). The highest BCUT2D eigenvalue weighted by Gasteiger charge is 2.35. The molecule has 5 amide bonds. The van der Waals surface area contributed by atoms with Gasteiger partial charge >= 0.3 is 5.97 Å². The number of guanidine groups is 3. The molecule has 1 fully saturated rings. The molecule has 78 heavy (non-hydrogen) atoms. The van der Waals surface area contributed by atoms with Crippen molar-refractivity contribution >= 4 is 81.6 Å². The second-order valence-electron chi connectivity index (χ2n) is 19.5. The Labute approximate surface area is 452 Å². The van der Waals surface area contributed by atoms with Gasteiger partial charge in [0.25, 0.3) is 0 Å². The van der Waals surface area contributed by atoms with Crippen molar-refractivity contribution < 1.29 is 48.3 Å². The Morgan fingerprint density at radius 2 is 1.28 bits per heavy atom. The molecule has 0 bridgehead atoms. The number of nitrogens with two attached hydrogens (primary N) is 6. The van der Waals surface area contributed by atoms with Gasteiger partial charge in [0.05, 0.1) is 6.04 Å². The van der Waals surface area contributed by atoms with Crippen molar-refractivity contribution in [1.29, 1.82) is 0 Å². The Hall–Kier alpha value is -8.38. The van der Waals surface area contributed by atoms with Gasteiger partial charge in [0, 0.05) is 81.2 Å². The number of carbonyl (C=O) groups excluding carboxylic acids is 8. The number of amides is 5. The molecule has 0 aliphatic carbocycles. The highest BCUT2D eigenvalue weighted by atomic mass is 16.4. The summed E-state index contributed by atoms with van der Waals surface area (Å²) in [5, 5.41) is 24.5. The summed E-state index contributed by atoms with van der Waals surface area (Å²) < 4.78 is 0. The molecule has 2 heterocycles. The average Bonchev–Trinajstić information content (AvgIpc) is 3.80. The van der Waals surface area contributed by atoms with Gasteiger partial charge in [-0.1, -0.05) is 55.0 Å². The summed E-state index contributed by atoms with van der Waals surface area (Å²) in [4.78, 5) is 141. The highest BCUT2D eigenvalue weighted by Crippen LogP contribution is 2.26. The number of hydrogen-bond acceptors (Lipinski definition) is 12. The first-order chi connectivity index (χ1) is 37.2. The number of nitrogens with zero attached hydrogens (tertiary/aromatic N) is 3. The van der Waals surface area contributed by atoms with Crippen molar-refractivity contribution in [2.45, 2.75) is 140 Å². The smallest absolute Gasteiger partial charge is 0.326 e. The second kappa shape index (κ2) is 32.3. The Kier molecular flexibility index (Phi) is 25.7. The second-order valence-corrected chi connectivity index (χ2v) is 19.5. The summed E-state index contributed by atoms with van der Waals surface area (Å²) in [6.07, 6.45) is 1.29. The molecule has 1 aromatic heterocycles. The zero-order valence-electron chi connectivity index (χ0n) is 44.2. The number of carbonyl (C=O) groups is 9. The van der Waals surface area contributed by atoms with Crippen LogP contribution in [0.25, 0.3) is 10.9 Å². The predicted molar refractivity (Wildman–Crippen MR) is 294 cm³/mol. The van der Waals surface area contributed by atoms with Crippen LogP contribution >= 0.6 is 0 Å². The number of aromatic amines is 1. The number of Topliss-reactive ketones (excluding diaryl/α,β-unsaturated/α-hetero) is 3. The van der Waals surface area contributed by atoms with Crippen LogP contribution in [0.15, 0.2) is 75.8 Å². The van der Waals surface area contributed by atoms with Crippen LogP contribution in [-0.2, 0) is 56.0 Å². The molecule has 7 atom stereocenters. The number of para-hydroxylation sites is 1. The van der Waals surface area contributed by atoms with E-state index in [1.807, 2.05) is 24.3 Å². The molecule has 0 unspecified atom stereocenters. The first-order valence-corrected chi connectivity index (χ1v) is 26.2. The molecule has 424 valence electrons. The minimum Gasteiger partial charge on any atom is -0.480 e. The summed E-state index contributed by atoms with van der Waals surface area (Å²) in [6, 6.07) is 9.41. The molecule has 0 radical (unpaired) electrons. The van der Waals surface area contributed by atoms with Gasteiger partial charge in [0.1, 0.15) is 35.7 Å². The zero-order chi connectivity index (χ0) is 57.1. The number of aromatic nitrogens is 1. The number of nitrogens with one attached hydrogen (secondary N) is 6. The fourth-order valence-electron chi connectivity index (χ4n) is 9.16. The molecule has 3 aromatic rings. The van der Waals surface area contributed by atoms with Crippen molar-refractivity contribution in [3.8, 4) is 0 Å². The van der Waals surface area contributed by atoms with Gasteiger partial charge in [-0.3, -0.25) is 53.3 Å². The number of rotatable bonds is 20. The van der Waals surface area contributed by atoms with E-state index >= 15 is 0 Å². The van der Waals surface area contributed by atoms with E-state index in [0.29, 0.717) is 11.1 Å². The lowest BCUT2D eigenvalue weighted by atomic mass is 9.83. The van der Waals surface area contributed by atoms with E-state index in [0.717, 1.165) is 10.9 Å². The molecule has 0 saturated carbocycles. The van der Waals surface area contributed by atoms with E-state index in [2.05, 4.69) is 46.5 Å². The molecule has 25 heteroatoms. The number of aliphatic imine (C=N–C) groups is 3. The SMILES string of the molecule is CC(=O)N[C@@H](CCCN=C(N)N)C(=O)N[C@H]1CCC(=O)CCCC[C@@H](C(=O)O)NC(=O)[C@H](Cc2c[nH]c3ccccc23)CC(=O)[C@H](CCCN=C(N)N)CC(=O)[C@@H](Cc2ccccc2)NC(=O)[C@H](CCCN=C(N)N)NC1=O. The number of hydrogen-bond donors (Lipinski definition) is 13. The number of aliphatic carboxylic acids is 1. The lowest BCUT2D eigenvalue weighted by Gasteiger charge is -2.27. The quantitative estimate of drug-likeness (QED) is 0.0393. The maximum absolute atomic E-state index is 14.8. The molecule has 1 saturated heterocycles. The van der Waals surface area contributed by atoms with Gasteiger partial charge in [0.15, 0.2) is 23.7 Å². The van der Waals surface area contributed by atoms with E-state index < -0.39 is 102 Å². The van der Waals surface area contributed by atoms with Crippen LogP contribution in [0.5, 0.6) is 0 Å². The van der Waals surface area contributed by atoms with E-state index in [-0.39, 0.29) is 133 Å². The Morgan fingerprint density at radius 1 is 0.667 bits per heavy atom. The number of carboxylic acid groups (broad SMARTS) is 1. The Balaban J connectivity index is 1.80. The van der Waals surface area contributed by atoms with Gasteiger partial charge < -0.3 is 71.1 Å². The molecular formula is C53H77N15O10. The summed E-state index contributed by atoms with van der Waals surface area (Å²) in [5.41, 5.74) is 35.4.